The van der Waals surface area contributed by atoms with Gasteiger partial charge in [-0.1, -0.05) is 43.5 Å². The Kier molecular flexibility index (Phi) is 5.56. The lowest BCUT2D eigenvalue weighted by Crippen LogP contribution is -2.43. The summed E-state index contributed by atoms with van der Waals surface area (Å²) in [7, 11) is 1.85. The minimum absolute atomic E-state index is 0.583. The van der Waals surface area contributed by atoms with E-state index in [1.807, 2.05) is 7.05 Å². The molecule has 4 heteroatoms. The molecule has 1 aromatic carbocycles. The van der Waals surface area contributed by atoms with E-state index < -0.39 is 0 Å². The Hall–Kier alpha value is -1.97. The van der Waals surface area contributed by atoms with Crippen molar-refractivity contribution in [2.24, 2.45) is 4.99 Å². The number of rotatable bonds is 4. The second-order valence-electron chi connectivity index (χ2n) is 6.45. The van der Waals surface area contributed by atoms with Crippen LogP contribution in [0.4, 0.5) is 5.69 Å². The van der Waals surface area contributed by atoms with Gasteiger partial charge in [0.2, 0.25) is 0 Å². The second-order valence-corrected chi connectivity index (χ2v) is 6.45. The number of hydrogen-bond acceptors (Lipinski definition) is 2. The summed E-state index contributed by atoms with van der Waals surface area (Å²) >= 11 is 0. The Morgan fingerprint density at radius 3 is 2.43 bits per heavy atom. The molecule has 1 fully saturated rings. The monoisotopic (exact) mass is 312 g/mol. The van der Waals surface area contributed by atoms with Crippen LogP contribution in [0.25, 0.3) is 0 Å². The SMILES string of the molecule is CN=C(NCc1ccc(N2CC=CC2)cc1)NC1CCCCC1. The maximum atomic E-state index is 4.36. The molecule has 0 saturated heterocycles. The van der Waals surface area contributed by atoms with Gasteiger partial charge in [-0.2, -0.15) is 0 Å². The minimum atomic E-state index is 0.583. The minimum Gasteiger partial charge on any atom is -0.364 e. The topological polar surface area (TPSA) is 39.7 Å². The van der Waals surface area contributed by atoms with Gasteiger partial charge >= 0.3 is 0 Å². The number of nitrogens with zero attached hydrogens (tertiary/aromatic N) is 2. The van der Waals surface area contributed by atoms with Crippen molar-refractivity contribution in [3.63, 3.8) is 0 Å². The van der Waals surface area contributed by atoms with Crippen LogP contribution in [0.15, 0.2) is 41.4 Å². The van der Waals surface area contributed by atoms with Crippen molar-refractivity contribution in [3.8, 4) is 0 Å². The lowest BCUT2D eigenvalue weighted by atomic mass is 9.96. The third kappa shape index (κ3) is 4.50. The highest BCUT2D eigenvalue weighted by Gasteiger charge is 2.14. The van der Waals surface area contributed by atoms with Crippen molar-refractivity contribution >= 4 is 11.6 Å². The summed E-state index contributed by atoms with van der Waals surface area (Å²) in [5.41, 5.74) is 2.58. The molecule has 1 saturated carbocycles. The Morgan fingerprint density at radius 2 is 1.78 bits per heavy atom. The molecule has 2 aliphatic rings. The zero-order valence-electron chi connectivity index (χ0n) is 14.1. The molecule has 0 spiro atoms. The first-order valence-corrected chi connectivity index (χ1v) is 8.81. The molecular weight excluding hydrogens is 284 g/mol. The van der Waals surface area contributed by atoms with E-state index in [0.29, 0.717) is 6.04 Å². The van der Waals surface area contributed by atoms with Crippen LogP contribution in [0.2, 0.25) is 0 Å². The van der Waals surface area contributed by atoms with Gasteiger partial charge in [0, 0.05) is 38.4 Å². The largest absolute Gasteiger partial charge is 0.364 e. The van der Waals surface area contributed by atoms with Gasteiger partial charge in [-0.15, -0.1) is 0 Å². The summed E-state index contributed by atoms with van der Waals surface area (Å²) < 4.78 is 0. The van der Waals surface area contributed by atoms with E-state index in [1.54, 1.807) is 0 Å². The van der Waals surface area contributed by atoms with Gasteiger partial charge in [-0.25, -0.2) is 0 Å². The Bertz CT molecular complexity index is 533. The fraction of sp³-hybridized carbons (Fsp3) is 0.526. The first-order valence-electron chi connectivity index (χ1n) is 8.81. The number of aliphatic imine (C=N–C) groups is 1. The van der Waals surface area contributed by atoms with E-state index in [4.69, 9.17) is 0 Å². The normalized spacial score (nSPS) is 19.2. The summed E-state index contributed by atoms with van der Waals surface area (Å²) in [5.74, 6) is 0.921. The third-order valence-corrected chi connectivity index (χ3v) is 4.75. The van der Waals surface area contributed by atoms with Crippen LogP contribution in [-0.4, -0.2) is 32.1 Å². The average molecular weight is 312 g/mol. The fourth-order valence-corrected chi connectivity index (χ4v) is 3.33. The zero-order chi connectivity index (χ0) is 15.9. The summed E-state index contributed by atoms with van der Waals surface area (Å²) in [6.45, 7) is 2.86. The van der Waals surface area contributed by atoms with E-state index in [1.165, 1.54) is 43.4 Å². The molecule has 3 rings (SSSR count). The van der Waals surface area contributed by atoms with E-state index >= 15 is 0 Å². The molecule has 0 aromatic heterocycles. The van der Waals surface area contributed by atoms with Crippen molar-refractivity contribution < 1.29 is 0 Å². The summed E-state index contributed by atoms with van der Waals surface area (Å²) in [4.78, 5) is 6.72. The van der Waals surface area contributed by atoms with Gasteiger partial charge in [0.05, 0.1) is 0 Å². The molecule has 124 valence electrons. The van der Waals surface area contributed by atoms with Crippen LogP contribution < -0.4 is 15.5 Å². The molecule has 0 atom stereocenters. The van der Waals surface area contributed by atoms with E-state index in [9.17, 15) is 0 Å². The molecule has 0 radical (unpaired) electrons. The van der Waals surface area contributed by atoms with Crippen LogP contribution in [0.3, 0.4) is 0 Å². The predicted molar refractivity (Wildman–Crippen MR) is 98.0 cm³/mol. The molecule has 0 amide bonds. The quantitative estimate of drug-likeness (QED) is 0.510. The van der Waals surface area contributed by atoms with Gasteiger partial charge in [-0.05, 0) is 30.5 Å². The van der Waals surface area contributed by atoms with Gasteiger partial charge in [0.1, 0.15) is 0 Å². The van der Waals surface area contributed by atoms with Crippen molar-refractivity contribution in [2.75, 3.05) is 25.0 Å². The molecule has 1 aliphatic heterocycles. The summed E-state index contributed by atoms with van der Waals surface area (Å²) in [6, 6.07) is 9.41. The lowest BCUT2D eigenvalue weighted by molar-refractivity contribution is 0.410. The zero-order valence-corrected chi connectivity index (χ0v) is 14.1. The standard InChI is InChI=1S/C19H28N4/c1-20-19(22-17-7-3-2-4-8-17)21-15-16-9-11-18(12-10-16)23-13-5-6-14-23/h5-6,9-12,17H,2-4,7-8,13-15H2,1H3,(H2,20,21,22). The molecule has 1 aliphatic carbocycles. The summed E-state index contributed by atoms with van der Waals surface area (Å²) in [6.07, 6.45) is 11.0. The predicted octanol–water partition coefficient (Wildman–Crippen LogP) is 3.06. The highest BCUT2D eigenvalue weighted by Crippen LogP contribution is 2.18. The van der Waals surface area contributed by atoms with Crippen LogP contribution in [0, 0.1) is 0 Å². The number of nitrogens with one attached hydrogen (secondary N) is 2. The van der Waals surface area contributed by atoms with Crippen molar-refractivity contribution in [3.05, 3.63) is 42.0 Å². The maximum Gasteiger partial charge on any atom is 0.191 e. The smallest absolute Gasteiger partial charge is 0.191 e. The van der Waals surface area contributed by atoms with Crippen molar-refractivity contribution in [1.82, 2.24) is 10.6 Å². The molecular formula is C19H28N4. The molecule has 2 N–H and O–H groups in total. The van der Waals surface area contributed by atoms with Crippen molar-refractivity contribution in [2.45, 2.75) is 44.7 Å². The van der Waals surface area contributed by atoms with Crippen molar-refractivity contribution in [1.29, 1.82) is 0 Å². The molecule has 0 bridgehead atoms. The van der Waals surface area contributed by atoms with Crippen LogP contribution in [0.5, 0.6) is 0 Å². The molecule has 1 aromatic rings. The molecule has 0 unspecified atom stereocenters. The number of guanidine groups is 1. The Labute approximate surface area is 139 Å². The molecule has 4 nitrogen and oxygen atoms in total. The summed E-state index contributed by atoms with van der Waals surface area (Å²) in [5, 5.41) is 6.99. The van der Waals surface area contributed by atoms with E-state index in [-0.39, 0.29) is 0 Å². The third-order valence-electron chi connectivity index (χ3n) is 4.75. The average Bonchev–Trinajstić information content (AvgIpc) is 3.14. The lowest BCUT2D eigenvalue weighted by Gasteiger charge is -2.25. The van der Waals surface area contributed by atoms with Gasteiger partial charge < -0.3 is 15.5 Å². The van der Waals surface area contributed by atoms with Gasteiger partial charge in [0.15, 0.2) is 5.96 Å². The molecule has 1 heterocycles. The van der Waals surface area contributed by atoms with Crippen LogP contribution in [0.1, 0.15) is 37.7 Å². The maximum absolute atomic E-state index is 4.36. The fourth-order valence-electron chi connectivity index (χ4n) is 3.33. The van der Waals surface area contributed by atoms with E-state index in [2.05, 4.69) is 56.9 Å². The van der Waals surface area contributed by atoms with Gasteiger partial charge in [0.25, 0.3) is 0 Å². The number of hydrogen-bond donors (Lipinski definition) is 2. The highest BCUT2D eigenvalue weighted by molar-refractivity contribution is 5.79. The molecule has 23 heavy (non-hydrogen) atoms. The van der Waals surface area contributed by atoms with E-state index in [0.717, 1.165) is 25.6 Å². The van der Waals surface area contributed by atoms with Crippen LogP contribution >= 0.6 is 0 Å². The second kappa shape index (κ2) is 8.04. The van der Waals surface area contributed by atoms with Gasteiger partial charge in [-0.3, -0.25) is 4.99 Å². The first kappa shape index (κ1) is 15.9. The van der Waals surface area contributed by atoms with Crippen LogP contribution in [-0.2, 0) is 6.54 Å². The number of anilines is 1. The first-order chi connectivity index (χ1) is 11.3. The Morgan fingerprint density at radius 1 is 1.09 bits per heavy atom. The number of benzene rings is 1. The highest BCUT2D eigenvalue weighted by atomic mass is 15.2. The Balaban J connectivity index is 1.48.